The van der Waals surface area contributed by atoms with Gasteiger partial charge in [0.2, 0.25) is 0 Å². The van der Waals surface area contributed by atoms with Crippen molar-refractivity contribution in [2.45, 2.75) is 11.7 Å². The smallest absolute Gasteiger partial charge is 0.256 e. The second-order valence-corrected chi connectivity index (χ2v) is 7.59. The van der Waals surface area contributed by atoms with Crippen molar-refractivity contribution < 1.29 is 13.2 Å². The fourth-order valence-electron chi connectivity index (χ4n) is 2.56. The normalized spacial score (nSPS) is 18.6. The molecule has 0 bridgehead atoms. The highest BCUT2D eigenvalue weighted by atomic mass is 32.2. The number of likely N-dealkylation sites (tertiary alicyclic amines) is 1. The van der Waals surface area contributed by atoms with E-state index in [4.69, 9.17) is 0 Å². The number of carbonyl (C=O) groups excluding carboxylic acids is 1. The van der Waals surface area contributed by atoms with Gasteiger partial charge in [-0.1, -0.05) is 12.1 Å². The third kappa shape index (κ3) is 2.71. The maximum absolute atomic E-state index is 12.7. The molecule has 9 heteroatoms. The van der Waals surface area contributed by atoms with Crippen LogP contribution in [0, 0.1) is 0 Å². The van der Waals surface area contributed by atoms with Gasteiger partial charge in [0.25, 0.3) is 5.91 Å². The third-order valence-electron chi connectivity index (χ3n) is 3.77. The summed E-state index contributed by atoms with van der Waals surface area (Å²) in [5, 5.41) is 10.4. The quantitative estimate of drug-likeness (QED) is 0.784. The Morgan fingerprint density at radius 1 is 1.32 bits per heavy atom. The maximum Gasteiger partial charge on any atom is 0.256 e. The predicted molar refractivity (Wildman–Crippen MR) is 78.3 cm³/mol. The minimum Gasteiger partial charge on any atom is -0.337 e. The summed E-state index contributed by atoms with van der Waals surface area (Å²) in [6.45, 7) is 0.655. The van der Waals surface area contributed by atoms with Crippen molar-refractivity contribution in [1.82, 2.24) is 25.1 Å². The van der Waals surface area contributed by atoms with Crippen molar-refractivity contribution in [2.75, 3.05) is 19.3 Å². The van der Waals surface area contributed by atoms with Gasteiger partial charge in [0.15, 0.2) is 9.84 Å². The standard InChI is InChI=1S/C13H15N5O3S/c1-22(20,21)10-6-7-17(8-10)13(19)11-4-2-3-5-12(11)18-9-14-15-16-18/h2-5,9-10H,6-8H2,1H3. The first kappa shape index (κ1) is 14.6. The lowest BCUT2D eigenvalue weighted by Gasteiger charge is -2.18. The van der Waals surface area contributed by atoms with Gasteiger partial charge in [0.1, 0.15) is 6.33 Å². The molecule has 0 aliphatic carbocycles. The van der Waals surface area contributed by atoms with Gasteiger partial charge in [0.05, 0.1) is 16.5 Å². The molecular weight excluding hydrogens is 306 g/mol. The molecule has 8 nitrogen and oxygen atoms in total. The minimum atomic E-state index is -3.14. The van der Waals surface area contributed by atoms with Gasteiger partial charge in [-0.3, -0.25) is 4.79 Å². The van der Waals surface area contributed by atoms with Crippen molar-refractivity contribution in [3.63, 3.8) is 0 Å². The summed E-state index contributed by atoms with van der Waals surface area (Å²) in [6.07, 6.45) is 3.09. The van der Waals surface area contributed by atoms with Gasteiger partial charge >= 0.3 is 0 Å². The molecular formula is C13H15N5O3S. The molecule has 0 saturated carbocycles. The van der Waals surface area contributed by atoms with E-state index in [1.54, 1.807) is 29.2 Å². The molecule has 1 amide bonds. The van der Waals surface area contributed by atoms with Crippen LogP contribution >= 0.6 is 0 Å². The Morgan fingerprint density at radius 2 is 2.09 bits per heavy atom. The summed E-state index contributed by atoms with van der Waals surface area (Å²) in [4.78, 5) is 14.2. The SMILES string of the molecule is CS(=O)(=O)C1CCN(C(=O)c2ccccc2-n2cnnn2)C1. The Labute approximate surface area is 127 Å². The van der Waals surface area contributed by atoms with Crippen LogP contribution in [-0.4, -0.2) is 64.0 Å². The molecule has 2 heterocycles. The lowest BCUT2D eigenvalue weighted by Crippen LogP contribution is -2.32. The molecule has 2 aromatic rings. The number of tetrazole rings is 1. The molecule has 1 aromatic carbocycles. The van der Waals surface area contributed by atoms with E-state index in [9.17, 15) is 13.2 Å². The summed E-state index contributed by atoms with van der Waals surface area (Å²) in [6, 6.07) is 6.98. The largest absolute Gasteiger partial charge is 0.337 e. The zero-order valence-electron chi connectivity index (χ0n) is 12.0. The van der Waals surface area contributed by atoms with E-state index in [0.29, 0.717) is 24.2 Å². The van der Waals surface area contributed by atoms with E-state index in [2.05, 4.69) is 15.5 Å². The molecule has 22 heavy (non-hydrogen) atoms. The number of para-hydroxylation sites is 1. The molecule has 1 atom stereocenters. The molecule has 116 valence electrons. The highest BCUT2D eigenvalue weighted by Gasteiger charge is 2.33. The van der Waals surface area contributed by atoms with Gasteiger partial charge in [-0.2, -0.15) is 4.68 Å². The lowest BCUT2D eigenvalue weighted by molar-refractivity contribution is 0.0793. The molecule has 0 N–H and O–H groups in total. The molecule has 3 rings (SSSR count). The van der Waals surface area contributed by atoms with Crippen LogP contribution in [0.1, 0.15) is 16.8 Å². The van der Waals surface area contributed by atoms with Crippen molar-refractivity contribution >= 4 is 15.7 Å². The summed E-state index contributed by atoms with van der Waals surface area (Å²) >= 11 is 0. The number of carbonyl (C=O) groups is 1. The lowest BCUT2D eigenvalue weighted by atomic mass is 10.1. The number of hydrogen-bond donors (Lipinski definition) is 0. The van der Waals surface area contributed by atoms with Crippen molar-refractivity contribution in [3.05, 3.63) is 36.2 Å². The monoisotopic (exact) mass is 321 g/mol. The number of hydrogen-bond acceptors (Lipinski definition) is 6. The molecule has 1 aromatic heterocycles. The van der Waals surface area contributed by atoms with Crippen LogP contribution in [0.5, 0.6) is 0 Å². The number of sulfone groups is 1. The first-order valence-electron chi connectivity index (χ1n) is 6.77. The summed E-state index contributed by atoms with van der Waals surface area (Å²) in [7, 11) is -3.14. The van der Waals surface area contributed by atoms with Crippen LogP contribution in [0.3, 0.4) is 0 Å². The van der Waals surface area contributed by atoms with Crippen LogP contribution in [0.25, 0.3) is 5.69 Å². The van der Waals surface area contributed by atoms with Crippen LogP contribution in [0.2, 0.25) is 0 Å². The number of amides is 1. The average Bonchev–Trinajstić information content (AvgIpc) is 3.17. The van der Waals surface area contributed by atoms with Crippen LogP contribution in [0.15, 0.2) is 30.6 Å². The maximum atomic E-state index is 12.7. The molecule has 0 spiro atoms. The highest BCUT2D eigenvalue weighted by molar-refractivity contribution is 7.91. The van der Waals surface area contributed by atoms with E-state index >= 15 is 0 Å². The van der Waals surface area contributed by atoms with E-state index < -0.39 is 15.1 Å². The Kier molecular flexibility index (Phi) is 3.65. The van der Waals surface area contributed by atoms with Crippen molar-refractivity contribution in [1.29, 1.82) is 0 Å². The van der Waals surface area contributed by atoms with Crippen molar-refractivity contribution in [2.24, 2.45) is 0 Å². The number of benzene rings is 1. The highest BCUT2D eigenvalue weighted by Crippen LogP contribution is 2.21. The fraction of sp³-hybridized carbons (Fsp3) is 0.385. The summed E-state index contributed by atoms with van der Waals surface area (Å²) < 4.78 is 24.7. The van der Waals surface area contributed by atoms with E-state index in [1.165, 1.54) is 17.3 Å². The van der Waals surface area contributed by atoms with Gasteiger partial charge in [0, 0.05) is 19.3 Å². The van der Waals surface area contributed by atoms with E-state index in [1.807, 2.05) is 0 Å². The first-order chi connectivity index (χ1) is 10.5. The number of nitrogens with zero attached hydrogens (tertiary/aromatic N) is 5. The molecule has 1 aliphatic rings. The Bertz CT molecular complexity index is 788. The third-order valence-corrected chi connectivity index (χ3v) is 5.36. The Hall–Kier alpha value is -2.29. The predicted octanol–water partition coefficient (Wildman–Crippen LogP) is -0.0786. The average molecular weight is 321 g/mol. The number of rotatable bonds is 3. The van der Waals surface area contributed by atoms with Crippen LogP contribution in [-0.2, 0) is 9.84 Å². The molecule has 1 unspecified atom stereocenters. The Morgan fingerprint density at radius 3 is 2.73 bits per heavy atom. The molecule has 1 saturated heterocycles. The summed E-state index contributed by atoms with van der Waals surface area (Å²) in [5.41, 5.74) is 1.02. The zero-order chi connectivity index (χ0) is 15.7. The van der Waals surface area contributed by atoms with E-state index in [-0.39, 0.29) is 12.5 Å². The Balaban J connectivity index is 1.88. The van der Waals surface area contributed by atoms with Crippen molar-refractivity contribution in [3.8, 4) is 5.69 Å². The summed E-state index contributed by atoms with van der Waals surface area (Å²) in [5.74, 6) is -0.211. The molecule has 0 radical (unpaired) electrons. The van der Waals surface area contributed by atoms with E-state index in [0.717, 1.165) is 0 Å². The minimum absolute atomic E-state index is 0.211. The van der Waals surface area contributed by atoms with Gasteiger partial charge in [-0.15, -0.1) is 5.10 Å². The first-order valence-corrected chi connectivity index (χ1v) is 8.73. The number of aromatic nitrogens is 4. The zero-order valence-corrected chi connectivity index (χ0v) is 12.8. The van der Waals surface area contributed by atoms with Gasteiger partial charge in [-0.05, 0) is 29.0 Å². The van der Waals surface area contributed by atoms with Gasteiger partial charge < -0.3 is 4.90 Å². The van der Waals surface area contributed by atoms with Crippen LogP contribution < -0.4 is 0 Å². The fourth-order valence-corrected chi connectivity index (χ4v) is 3.54. The van der Waals surface area contributed by atoms with Crippen LogP contribution in [0.4, 0.5) is 0 Å². The molecule has 1 fully saturated rings. The van der Waals surface area contributed by atoms with Gasteiger partial charge in [-0.25, -0.2) is 8.42 Å². The second kappa shape index (κ2) is 5.48. The molecule has 1 aliphatic heterocycles. The topological polar surface area (TPSA) is 98.1 Å². The second-order valence-electron chi connectivity index (χ2n) is 5.26.